The number of rotatable bonds is 3. The number of hydrogen-bond donors (Lipinski definition) is 1. The van der Waals surface area contributed by atoms with Gasteiger partial charge in [0, 0.05) is 30.7 Å². The van der Waals surface area contributed by atoms with Crippen LogP contribution in [0.15, 0.2) is 23.1 Å². The van der Waals surface area contributed by atoms with Crippen LogP contribution in [0.5, 0.6) is 0 Å². The highest BCUT2D eigenvalue weighted by atomic mass is 19.1. The van der Waals surface area contributed by atoms with Gasteiger partial charge in [0.2, 0.25) is 5.43 Å². The summed E-state index contributed by atoms with van der Waals surface area (Å²) in [5, 5.41) is 9.38. The van der Waals surface area contributed by atoms with E-state index in [1.807, 2.05) is 18.7 Å². The van der Waals surface area contributed by atoms with E-state index in [2.05, 4.69) is 6.92 Å². The summed E-state index contributed by atoms with van der Waals surface area (Å²) in [7, 11) is 0. The summed E-state index contributed by atoms with van der Waals surface area (Å²) >= 11 is 0. The Morgan fingerprint density at radius 3 is 2.68 bits per heavy atom. The number of piperidine rings is 1. The Morgan fingerprint density at radius 1 is 1.36 bits per heavy atom. The maximum atomic E-state index is 14.7. The number of benzene rings is 1. The standard InChI is InChI=1S/C19H23FN2O3/c1-11(2)22-10-14(19(24)25)18(23)13-7-15(20)17(8-16(13)22)21-6-4-5-12(3)9-21/h7-8,10-12H,4-6,9H2,1-3H3,(H,24,25). The highest BCUT2D eigenvalue weighted by Gasteiger charge is 2.22. The van der Waals surface area contributed by atoms with Crippen LogP contribution in [0.2, 0.25) is 0 Å². The summed E-state index contributed by atoms with van der Waals surface area (Å²) in [4.78, 5) is 25.8. The lowest BCUT2D eigenvalue weighted by Gasteiger charge is -2.33. The van der Waals surface area contributed by atoms with Crippen molar-refractivity contribution in [1.82, 2.24) is 4.57 Å². The van der Waals surface area contributed by atoms with Crippen molar-refractivity contribution >= 4 is 22.6 Å². The van der Waals surface area contributed by atoms with E-state index < -0.39 is 17.2 Å². The lowest BCUT2D eigenvalue weighted by Crippen LogP contribution is -2.35. The second-order valence-electron chi connectivity index (χ2n) is 7.19. The first-order valence-electron chi connectivity index (χ1n) is 8.66. The molecule has 2 aromatic rings. The number of halogens is 1. The first kappa shape index (κ1) is 17.5. The topological polar surface area (TPSA) is 62.5 Å². The second-order valence-corrected chi connectivity index (χ2v) is 7.19. The quantitative estimate of drug-likeness (QED) is 0.921. The van der Waals surface area contributed by atoms with Crippen molar-refractivity contribution in [3.8, 4) is 0 Å². The zero-order valence-corrected chi connectivity index (χ0v) is 14.8. The fraction of sp³-hybridized carbons (Fsp3) is 0.474. The molecule has 0 bridgehead atoms. The molecule has 134 valence electrons. The van der Waals surface area contributed by atoms with Crippen LogP contribution in [0.25, 0.3) is 10.9 Å². The van der Waals surface area contributed by atoms with Crippen LogP contribution < -0.4 is 10.3 Å². The minimum atomic E-state index is -1.30. The van der Waals surface area contributed by atoms with Gasteiger partial charge in [0.25, 0.3) is 0 Å². The highest BCUT2D eigenvalue weighted by molar-refractivity contribution is 5.93. The molecule has 3 rings (SSSR count). The summed E-state index contributed by atoms with van der Waals surface area (Å²) in [6, 6.07) is 2.83. The van der Waals surface area contributed by atoms with Gasteiger partial charge < -0.3 is 14.6 Å². The zero-order valence-electron chi connectivity index (χ0n) is 14.8. The smallest absolute Gasteiger partial charge is 0.341 e. The third kappa shape index (κ3) is 3.13. The predicted molar refractivity (Wildman–Crippen MR) is 96.1 cm³/mol. The van der Waals surface area contributed by atoms with E-state index in [1.165, 1.54) is 12.3 Å². The number of nitrogens with zero attached hydrogens (tertiary/aromatic N) is 2. The van der Waals surface area contributed by atoms with Gasteiger partial charge in [-0.25, -0.2) is 9.18 Å². The average molecular weight is 346 g/mol. The van der Waals surface area contributed by atoms with Crippen molar-refractivity contribution in [2.45, 2.75) is 39.7 Å². The molecule has 1 fully saturated rings. The number of aromatic carboxylic acids is 1. The summed E-state index contributed by atoms with van der Waals surface area (Å²) in [5.74, 6) is -1.28. The van der Waals surface area contributed by atoms with Crippen molar-refractivity contribution < 1.29 is 14.3 Å². The molecular formula is C19H23FN2O3. The van der Waals surface area contributed by atoms with Gasteiger partial charge in [-0.3, -0.25) is 4.79 Å². The third-order valence-electron chi connectivity index (χ3n) is 4.89. The Labute approximate surface area is 145 Å². The molecule has 1 aliphatic heterocycles. The van der Waals surface area contributed by atoms with Crippen LogP contribution in [-0.2, 0) is 0 Å². The van der Waals surface area contributed by atoms with E-state index in [9.17, 15) is 19.1 Å². The van der Waals surface area contributed by atoms with E-state index in [4.69, 9.17) is 0 Å². The van der Waals surface area contributed by atoms with E-state index in [0.29, 0.717) is 17.1 Å². The van der Waals surface area contributed by atoms with Crippen LogP contribution in [-0.4, -0.2) is 28.7 Å². The van der Waals surface area contributed by atoms with Gasteiger partial charge in [-0.1, -0.05) is 6.92 Å². The van der Waals surface area contributed by atoms with Crippen molar-refractivity contribution in [3.63, 3.8) is 0 Å². The fourth-order valence-electron chi connectivity index (χ4n) is 3.59. The number of pyridine rings is 1. The molecule has 0 radical (unpaired) electrons. The normalized spacial score (nSPS) is 18.1. The molecule has 1 saturated heterocycles. The van der Waals surface area contributed by atoms with Gasteiger partial charge >= 0.3 is 5.97 Å². The molecular weight excluding hydrogens is 323 g/mol. The first-order chi connectivity index (χ1) is 11.8. The number of hydrogen-bond acceptors (Lipinski definition) is 3. The molecule has 0 saturated carbocycles. The molecule has 0 aliphatic carbocycles. The van der Waals surface area contributed by atoms with Gasteiger partial charge in [-0.15, -0.1) is 0 Å². The van der Waals surface area contributed by atoms with Crippen LogP contribution in [0.3, 0.4) is 0 Å². The number of carbonyl (C=O) groups is 1. The maximum Gasteiger partial charge on any atom is 0.341 e. The van der Waals surface area contributed by atoms with E-state index in [0.717, 1.165) is 25.9 Å². The van der Waals surface area contributed by atoms with Crippen molar-refractivity contribution in [1.29, 1.82) is 0 Å². The molecule has 1 aromatic heterocycles. The van der Waals surface area contributed by atoms with Gasteiger partial charge in [0.15, 0.2) is 0 Å². The molecule has 6 heteroatoms. The Bertz CT molecular complexity index is 888. The second kappa shape index (κ2) is 6.50. The van der Waals surface area contributed by atoms with Crippen molar-refractivity contribution in [2.75, 3.05) is 18.0 Å². The molecule has 1 aromatic carbocycles. The monoisotopic (exact) mass is 346 g/mol. The molecule has 1 unspecified atom stereocenters. The lowest BCUT2D eigenvalue weighted by molar-refractivity contribution is 0.0694. The minimum Gasteiger partial charge on any atom is -0.477 e. The van der Waals surface area contributed by atoms with Crippen LogP contribution >= 0.6 is 0 Å². The molecule has 2 heterocycles. The number of anilines is 1. The molecule has 0 amide bonds. The lowest BCUT2D eigenvalue weighted by atomic mass is 9.99. The summed E-state index contributed by atoms with van der Waals surface area (Å²) < 4.78 is 16.5. The van der Waals surface area contributed by atoms with Gasteiger partial charge in [0.1, 0.15) is 11.4 Å². The predicted octanol–water partition coefficient (Wildman–Crippen LogP) is 3.66. The minimum absolute atomic E-state index is 0.0557. The molecule has 0 spiro atoms. The van der Waals surface area contributed by atoms with Crippen molar-refractivity contribution in [3.05, 3.63) is 39.9 Å². The maximum absolute atomic E-state index is 14.7. The van der Waals surface area contributed by atoms with E-state index in [1.54, 1.807) is 10.6 Å². The summed E-state index contributed by atoms with van der Waals surface area (Å²) in [6.07, 6.45) is 3.50. The van der Waals surface area contributed by atoms with Gasteiger partial charge in [0.05, 0.1) is 11.2 Å². The van der Waals surface area contributed by atoms with E-state index in [-0.39, 0.29) is 17.0 Å². The number of carboxylic acid groups (broad SMARTS) is 1. The molecule has 1 atom stereocenters. The Hall–Kier alpha value is -2.37. The number of fused-ring (bicyclic) bond motifs is 1. The van der Waals surface area contributed by atoms with Crippen LogP contribution in [0.4, 0.5) is 10.1 Å². The Kier molecular flexibility index (Phi) is 4.54. The fourth-order valence-corrected chi connectivity index (χ4v) is 3.59. The van der Waals surface area contributed by atoms with Crippen molar-refractivity contribution in [2.24, 2.45) is 5.92 Å². The highest BCUT2D eigenvalue weighted by Crippen LogP contribution is 2.30. The third-order valence-corrected chi connectivity index (χ3v) is 4.89. The average Bonchev–Trinajstić information content (AvgIpc) is 2.54. The molecule has 1 aliphatic rings. The zero-order chi connectivity index (χ0) is 18.3. The first-order valence-corrected chi connectivity index (χ1v) is 8.66. The number of aromatic nitrogens is 1. The number of carboxylic acids is 1. The van der Waals surface area contributed by atoms with Gasteiger partial charge in [-0.2, -0.15) is 0 Å². The Balaban J connectivity index is 2.25. The summed E-state index contributed by atoms with van der Waals surface area (Å²) in [5.41, 5.74) is 0.0763. The van der Waals surface area contributed by atoms with E-state index >= 15 is 0 Å². The molecule has 25 heavy (non-hydrogen) atoms. The molecule has 1 N–H and O–H groups in total. The summed E-state index contributed by atoms with van der Waals surface area (Å²) in [6.45, 7) is 7.52. The SMILES string of the molecule is CC1CCCN(c2cc3c(cc2F)c(=O)c(C(=O)O)cn3C(C)C)C1. The largest absolute Gasteiger partial charge is 0.477 e. The van der Waals surface area contributed by atoms with Crippen LogP contribution in [0, 0.1) is 11.7 Å². The van der Waals surface area contributed by atoms with Gasteiger partial charge in [-0.05, 0) is 44.7 Å². The Morgan fingerprint density at radius 2 is 2.08 bits per heavy atom. The molecule has 5 nitrogen and oxygen atoms in total. The van der Waals surface area contributed by atoms with Crippen LogP contribution in [0.1, 0.15) is 50.0 Å².